The maximum Gasteiger partial charge on any atom is 0.127 e. The van der Waals surface area contributed by atoms with Crippen molar-refractivity contribution in [3.05, 3.63) is 24.0 Å². The topological polar surface area (TPSA) is 39.1 Å². The van der Waals surface area contributed by atoms with E-state index in [1.54, 1.807) is 7.11 Å². The van der Waals surface area contributed by atoms with Crippen molar-refractivity contribution in [3.8, 4) is 5.75 Å². The van der Waals surface area contributed by atoms with E-state index in [4.69, 9.17) is 9.72 Å². The van der Waals surface area contributed by atoms with Crippen molar-refractivity contribution in [2.24, 2.45) is 0 Å². The van der Waals surface area contributed by atoms with Gasteiger partial charge in [-0.1, -0.05) is 0 Å². The Labute approximate surface area is 108 Å². The molecule has 0 spiro atoms. The molecule has 0 aliphatic rings. The van der Waals surface area contributed by atoms with Crippen molar-refractivity contribution in [2.75, 3.05) is 14.2 Å². The lowest BCUT2D eigenvalue weighted by atomic mass is 10.2. The van der Waals surface area contributed by atoms with Gasteiger partial charge < -0.3 is 14.6 Å². The number of benzene rings is 1. The number of imidazole rings is 1. The standard InChI is InChI=1S/C14H21N3O/c1-9(2)17-13-7-6-11(18-5)8-12(13)16-14(17)10(3)15-4/h6-10,15H,1-5H3. The van der Waals surface area contributed by atoms with E-state index < -0.39 is 0 Å². The van der Waals surface area contributed by atoms with Crippen LogP contribution < -0.4 is 10.1 Å². The quantitative estimate of drug-likeness (QED) is 0.903. The Morgan fingerprint density at radius 1 is 1.28 bits per heavy atom. The summed E-state index contributed by atoms with van der Waals surface area (Å²) in [5.74, 6) is 1.91. The summed E-state index contributed by atoms with van der Waals surface area (Å²) in [4.78, 5) is 4.73. The lowest BCUT2D eigenvalue weighted by molar-refractivity contribution is 0.415. The predicted octanol–water partition coefficient (Wildman–Crippen LogP) is 2.91. The van der Waals surface area contributed by atoms with Crippen molar-refractivity contribution in [1.29, 1.82) is 0 Å². The Hall–Kier alpha value is -1.55. The maximum atomic E-state index is 5.25. The van der Waals surface area contributed by atoms with Crippen LogP contribution in [0.15, 0.2) is 18.2 Å². The van der Waals surface area contributed by atoms with Crippen molar-refractivity contribution >= 4 is 11.0 Å². The molecule has 0 bridgehead atoms. The van der Waals surface area contributed by atoms with Crippen molar-refractivity contribution in [2.45, 2.75) is 32.9 Å². The number of nitrogens with one attached hydrogen (secondary N) is 1. The summed E-state index contributed by atoms with van der Waals surface area (Å²) in [6.07, 6.45) is 0. The molecule has 0 aliphatic carbocycles. The molecule has 1 heterocycles. The van der Waals surface area contributed by atoms with Crippen LogP contribution in [-0.4, -0.2) is 23.7 Å². The van der Waals surface area contributed by atoms with Gasteiger partial charge in [0.2, 0.25) is 0 Å². The number of hydrogen-bond donors (Lipinski definition) is 1. The molecule has 4 nitrogen and oxygen atoms in total. The van der Waals surface area contributed by atoms with E-state index in [0.29, 0.717) is 6.04 Å². The van der Waals surface area contributed by atoms with Gasteiger partial charge >= 0.3 is 0 Å². The fourth-order valence-electron chi connectivity index (χ4n) is 2.20. The lowest BCUT2D eigenvalue weighted by Crippen LogP contribution is -2.18. The van der Waals surface area contributed by atoms with Crippen molar-refractivity contribution < 1.29 is 4.74 Å². The third kappa shape index (κ3) is 2.08. The summed E-state index contributed by atoms with van der Waals surface area (Å²) in [6.45, 7) is 6.48. The molecule has 0 fully saturated rings. The number of fused-ring (bicyclic) bond motifs is 1. The molecule has 18 heavy (non-hydrogen) atoms. The second-order valence-electron chi connectivity index (χ2n) is 4.80. The lowest BCUT2D eigenvalue weighted by Gasteiger charge is -2.17. The van der Waals surface area contributed by atoms with Gasteiger partial charge in [-0.15, -0.1) is 0 Å². The molecule has 2 aromatic rings. The third-order valence-electron chi connectivity index (χ3n) is 3.26. The summed E-state index contributed by atoms with van der Waals surface area (Å²) < 4.78 is 7.53. The summed E-state index contributed by atoms with van der Waals surface area (Å²) in [5.41, 5.74) is 2.14. The van der Waals surface area contributed by atoms with E-state index in [0.717, 1.165) is 22.6 Å². The van der Waals surface area contributed by atoms with Crippen LogP contribution in [0, 0.1) is 0 Å². The minimum atomic E-state index is 0.228. The van der Waals surface area contributed by atoms with E-state index in [1.165, 1.54) is 0 Å². The highest BCUT2D eigenvalue weighted by atomic mass is 16.5. The fraction of sp³-hybridized carbons (Fsp3) is 0.500. The van der Waals surface area contributed by atoms with Crippen LogP contribution in [0.1, 0.15) is 38.7 Å². The first-order valence-electron chi connectivity index (χ1n) is 6.31. The predicted molar refractivity (Wildman–Crippen MR) is 74.1 cm³/mol. The Kier molecular flexibility index (Phi) is 3.57. The van der Waals surface area contributed by atoms with Gasteiger partial charge in [0.25, 0.3) is 0 Å². The maximum absolute atomic E-state index is 5.25. The summed E-state index contributed by atoms with van der Waals surface area (Å²) in [5, 5.41) is 3.25. The molecule has 1 aromatic carbocycles. The minimum absolute atomic E-state index is 0.228. The van der Waals surface area contributed by atoms with E-state index >= 15 is 0 Å². The molecule has 0 amide bonds. The fourth-order valence-corrected chi connectivity index (χ4v) is 2.20. The summed E-state index contributed by atoms with van der Waals surface area (Å²) in [7, 11) is 3.63. The number of methoxy groups -OCH3 is 1. The monoisotopic (exact) mass is 247 g/mol. The third-order valence-corrected chi connectivity index (χ3v) is 3.26. The second kappa shape index (κ2) is 4.98. The van der Waals surface area contributed by atoms with E-state index in [9.17, 15) is 0 Å². The molecular formula is C14H21N3O. The highest BCUT2D eigenvalue weighted by molar-refractivity contribution is 5.78. The number of hydrogen-bond acceptors (Lipinski definition) is 3. The smallest absolute Gasteiger partial charge is 0.127 e. The molecule has 0 radical (unpaired) electrons. The first-order valence-corrected chi connectivity index (χ1v) is 6.31. The molecule has 2 rings (SSSR count). The van der Waals surface area contributed by atoms with Gasteiger partial charge in [0.1, 0.15) is 11.6 Å². The first kappa shape index (κ1) is 12.9. The molecule has 0 aliphatic heterocycles. The number of aromatic nitrogens is 2. The van der Waals surface area contributed by atoms with Crippen LogP contribution in [0.5, 0.6) is 5.75 Å². The SMILES string of the molecule is CNC(C)c1nc2cc(OC)ccc2n1C(C)C. The Morgan fingerprint density at radius 2 is 2.00 bits per heavy atom. The van der Waals surface area contributed by atoms with Gasteiger partial charge in [-0.25, -0.2) is 4.98 Å². The van der Waals surface area contributed by atoms with Crippen LogP contribution in [0.4, 0.5) is 0 Å². The largest absolute Gasteiger partial charge is 0.497 e. The molecule has 0 saturated carbocycles. The highest BCUT2D eigenvalue weighted by Gasteiger charge is 2.17. The van der Waals surface area contributed by atoms with Crippen LogP contribution in [-0.2, 0) is 0 Å². The molecule has 1 N–H and O–H groups in total. The van der Waals surface area contributed by atoms with Gasteiger partial charge in [0.15, 0.2) is 0 Å². The molecule has 1 unspecified atom stereocenters. The molecular weight excluding hydrogens is 226 g/mol. The van der Waals surface area contributed by atoms with Crippen LogP contribution in [0.25, 0.3) is 11.0 Å². The van der Waals surface area contributed by atoms with Gasteiger partial charge in [-0.2, -0.15) is 0 Å². The number of rotatable bonds is 4. The van der Waals surface area contributed by atoms with E-state index in [2.05, 4.69) is 36.7 Å². The van der Waals surface area contributed by atoms with Crippen molar-refractivity contribution in [3.63, 3.8) is 0 Å². The zero-order chi connectivity index (χ0) is 13.3. The van der Waals surface area contributed by atoms with Gasteiger partial charge in [0.05, 0.1) is 24.2 Å². The van der Waals surface area contributed by atoms with Gasteiger partial charge in [-0.3, -0.25) is 0 Å². The average Bonchev–Trinajstić information content (AvgIpc) is 2.75. The van der Waals surface area contributed by atoms with Gasteiger partial charge in [0, 0.05) is 12.1 Å². The zero-order valence-electron chi connectivity index (χ0n) is 11.7. The Balaban J connectivity index is 2.66. The molecule has 4 heteroatoms. The molecule has 98 valence electrons. The number of ether oxygens (including phenoxy) is 1. The second-order valence-corrected chi connectivity index (χ2v) is 4.80. The van der Waals surface area contributed by atoms with Crippen LogP contribution in [0.2, 0.25) is 0 Å². The van der Waals surface area contributed by atoms with Crippen molar-refractivity contribution in [1.82, 2.24) is 14.9 Å². The molecule has 1 aromatic heterocycles. The summed E-state index contributed by atoms with van der Waals surface area (Å²) >= 11 is 0. The molecule has 1 atom stereocenters. The van der Waals surface area contributed by atoms with E-state index in [-0.39, 0.29) is 6.04 Å². The molecule has 0 saturated heterocycles. The Morgan fingerprint density at radius 3 is 2.56 bits per heavy atom. The zero-order valence-corrected chi connectivity index (χ0v) is 11.7. The average molecular weight is 247 g/mol. The van der Waals surface area contributed by atoms with Crippen LogP contribution in [0.3, 0.4) is 0 Å². The highest BCUT2D eigenvalue weighted by Crippen LogP contribution is 2.27. The van der Waals surface area contributed by atoms with E-state index in [1.807, 2.05) is 19.2 Å². The Bertz CT molecular complexity index is 545. The summed E-state index contributed by atoms with van der Waals surface area (Å²) in [6, 6.07) is 6.66. The van der Waals surface area contributed by atoms with Gasteiger partial charge in [-0.05, 0) is 40.0 Å². The van der Waals surface area contributed by atoms with Crippen LogP contribution >= 0.6 is 0 Å². The normalized spacial score (nSPS) is 13.2. The minimum Gasteiger partial charge on any atom is -0.497 e. The number of nitrogens with zero attached hydrogens (tertiary/aromatic N) is 2. The first-order chi connectivity index (χ1) is 8.58.